The highest BCUT2D eigenvalue weighted by Gasteiger charge is 2.19. The van der Waals surface area contributed by atoms with Crippen molar-refractivity contribution in [3.63, 3.8) is 0 Å². The number of ether oxygens (including phenoxy) is 1. The van der Waals surface area contributed by atoms with Crippen molar-refractivity contribution in [3.05, 3.63) is 124 Å². The first kappa shape index (κ1) is 21.9. The van der Waals surface area contributed by atoms with E-state index in [0.717, 1.165) is 22.3 Å². The molecule has 0 radical (unpaired) electrons. The Morgan fingerprint density at radius 2 is 1.66 bits per heavy atom. The Kier molecular flexibility index (Phi) is 7.07. The minimum Gasteiger partial charge on any atom is -0.497 e. The van der Waals surface area contributed by atoms with Gasteiger partial charge >= 0.3 is 0 Å². The highest BCUT2D eigenvalue weighted by Crippen LogP contribution is 2.19. The molecule has 0 bridgehead atoms. The van der Waals surface area contributed by atoms with Gasteiger partial charge in [-0.25, -0.2) is 0 Å². The molecule has 0 saturated carbocycles. The lowest BCUT2D eigenvalue weighted by molar-refractivity contribution is 0.0726. The number of carbonyl (C=O) groups excluding carboxylic acids is 1. The zero-order chi connectivity index (χ0) is 22.3. The first-order valence-electron chi connectivity index (χ1n) is 10.5. The van der Waals surface area contributed by atoms with Gasteiger partial charge in [0.15, 0.2) is 0 Å². The van der Waals surface area contributed by atoms with Crippen molar-refractivity contribution in [3.8, 4) is 5.75 Å². The molecular formula is C27H25BrN2O2. The van der Waals surface area contributed by atoms with Crippen molar-refractivity contribution in [2.24, 2.45) is 0 Å². The predicted octanol–water partition coefficient (Wildman–Crippen LogP) is 6.15. The van der Waals surface area contributed by atoms with E-state index in [2.05, 4.69) is 44.9 Å². The van der Waals surface area contributed by atoms with Crippen LogP contribution in [0.4, 0.5) is 0 Å². The number of aromatic nitrogens is 1. The molecule has 162 valence electrons. The Hall–Kier alpha value is -3.31. The fourth-order valence-corrected chi connectivity index (χ4v) is 3.94. The molecule has 0 aliphatic carbocycles. The van der Waals surface area contributed by atoms with Gasteiger partial charge in [-0.3, -0.25) is 4.79 Å². The molecule has 1 heterocycles. The number of amides is 1. The van der Waals surface area contributed by atoms with Crippen LogP contribution in [-0.4, -0.2) is 22.5 Å². The number of carbonyl (C=O) groups is 1. The molecule has 0 N–H and O–H groups in total. The van der Waals surface area contributed by atoms with E-state index in [1.807, 2.05) is 71.6 Å². The number of benzene rings is 3. The number of hydrogen-bond acceptors (Lipinski definition) is 2. The van der Waals surface area contributed by atoms with Crippen molar-refractivity contribution >= 4 is 21.8 Å². The summed E-state index contributed by atoms with van der Waals surface area (Å²) in [5.74, 6) is 0.651. The van der Waals surface area contributed by atoms with E-state index < -0.39 is 0 Å². The molecule has 5 heteroatoms. The van der Waals surface area contributed by atoms with Crippen LogP contribution >= 0.6 is 15.9 Å². The summed E-state index contributed by atoms with van der Waals surface area (Å²) in [5.41, 5.74) is 4.00. The van der Waals surface area contributed by atoms with Crippen molar-refractivity contribution in [2.75, 3.05) is 7.11 Å². The van der Waals surface area contributed by atoms with E-state index in [1.54, 1.807) is 13.2 Å². The van der Waals surface area contributed by atoms with Crippen LogP contribution in [0.25, 0.3) is 0 Å². The molecule has 0 fully saturated rings. The number of hydrogen-bond donors (Lipinski definition) is 0. The summed E-state index contributed by atoms with van der Waals surface area (Å²) in [5, 5.41) is 0. The Balaban J connectivity index is 1.60. The summed E-state index contributed by atoms with van der Waals surface area (Å²) < 4.78 is 8.58. The number of rotatable bonds is 8. The second-order valence-electron chi connectivity index (χ2n) is 7.63. The maximum absolute atomic E-state index is 13.5. The van der Waals surface area contributed by atoms with Crippen LogP contribution in [0.3, 0.4) is 0 Å². The van der Waals surface area contributed by atoms with E-state index in [9.17, 15) is 4.79 Å². The SMILES string of the molecule is COc1cccc(C(=O)N(Cc2ccccc2)Cc2cccn2Cc2ccc(Br)cc2)c1. The molecule has 4 rings (SSSR count). The zero-order valence-corrected chi connectivity index (χ0v) is 19.5. The van der Waals surface area contributed by atoms with Gasteiger partial charge in [-0.2, -0.15) is 0 Å². The number of halogens is 1. The fourth-order valence-electron chi connectivity index (χ4n) is 3.67. The van der Waals surface area contributed by atoms with Gasteiger partial charge in [-0.05, 0) is 53.6 Å². The van der Waals surface area contributed by atoms with E-state index in [0.29, 0.717) is 24.4 Å². The molecule has 1 amide bonds. The summed E-state index contributed by atoms with van der Waals surface area (Å²) in [4.78, 5) is 15.4. The lowest BCUT2D eigenvalue weighted by Gasteiger charge is -2.24. The van der Waals surface area contributed by atoms with E-state index in [4.69, 9.17) is 4.74 Å². The molecule has 0 spiro atoms. The van der Waals surface area contributed by atoms with Gasteiger partial charge in [0.1, 0.15) is 5.75 Å². The van der Waals surface area contributed by atoms with Crippen molar-refractivity contribution in [2.45, 2.75) is 19.6 Å². The Bertz CT molecular complexity index is 1170. The second-order valence-corrected chi connectivity index (χ2v) is 8.55. The van der Waals surface area contributed by atoms with Crippen LogP contribution in [0.1, 0.15) is 27.2 Å². The normalized spacial score (nSPS) is 10.7. The molecule has 1 aromatic heterocycles. The van der Waals surface area contributed by atoms with Crippen LogP contribution < -0.4 is 4.74 Å². The summed E-state index contributed by atoms with van der Waals surface area (Å²) >= 11 is 3.49. The number of methoxy groups -OCH3 is 1. The molecule has 0 unspecified atom stereocenters. The quantitative estimate of drug-likeness (QED) is 0.298. The molecule has 4 nitrogen and oxygen atoms in total. The minimum atomic E-state index is -0.0239. The minimum absolute atomic E-state index is 0.0239. The summed E-state index contributed by atoms with van der Waals surface area (Å²) in [7, 11) is 1.61. The maximum Gasteiger partial charge on any atom is 0.254 e. The molecular weight excluding hydrogens is 464 g/mol. The summed E-state index contributed by atoms with van der Waals surface area (Å²) in [6, 6.07) is 29.8. The molecule has 3 aromatic carbocycles. The molecule has 4 aromatic rings. The standard InChI is InChI=1S/C27H25BrN2O2/c1-32-26-11-5-9-23(17-26)27(31)30(19-21-7-3-2-4-8-21)20-25-10-6-16-29(25)18-22-12-14-24(28)15-13-22/h2-17H,18-20H2,1H3. The molecule has 32 heavy (non-hydrogen) atoms. The van der Waals surface area contributed by atoms with Crippen LogP contribution in [0.2, 0.25) is 0 Å². The lowest BCUT2D eigenvalue weighted by atomic mass is 10.1. The van der Waals surface area contributed by atoms with Crippen LogP contribution in [0, 0.1) is 0 Å². The van der Waals surface area contributed by atoms with Gasteiger partial charge in [0.2, 0.25) is 0 Å². The monoisotopic (exact) mass is 488 g/mol. The van der Waals surface area contributed by atoms with Gasteiger partial charge in [-0.1, -0.05) is 64.5 Å². The Morgan fingerprint density at radius 1 is 0.875 bits per heavy atom. The van der Waals surface area contributed by atoms with Gasteiger partial charge in [-0.15, -0.1) is 0 Å². The second kappa shape index (κ2) is 10.3. The molecule has 0 atom stereocenters. The predicted molar refractivity (Wildman–Crippen MR) is 131 cm³/mol. The maximum atomic E-state index is 13.5. The third-order valence-electron chi connectivity index (χ3n) is 5.36. The number of nitrogens with zero attached hydrogens (tertiary/aromatic N) is 2. The lowest BCUT2D eigenvalue weighted by Crippen LogP contribution is -2.31. The molecule has 0 aliphatic rings. The van der Waals surface area contributed by atoms with Gasteiger partial charge < -0.3 is 14.2 Å². The largest absolute Gasteiger partial charge is 0.497 e. The van der Waals surface area contributed by atoms with Crippen LogP contribution in [-0.2, 0) is 19.6 Å². The highest BCUT2D eigenvalue weighted by molar-refractivity contribution is 9.10. The zero-order valence-electron chi connectivity index (χ0n) is 17.9. The molecule has 0 saturated heterocycles. The average Bonchev–Trinajstić information content (AvgIpc) is 3.26. The average molecular weight is 489 g/mol. The summed E-state index contributed by atoms with van der Waals surface area (Å²) in [6.45, 7) is 1.79. The van der Waals surface area contributed by atoms with Gasteiger partial charge in [0, 0.05) is 35.0 Å². The third-order valence-corrected chi connectivity index (χ3v) is 5.89. The summed E-state index contributed by atoms with van der Waals surface area (Å²) in [6.07, 6.45) is 2.06. The fraction of sp³-hybridized carbons (Fsp3) is 0.148. The molecule has 0 aliphatic heterocycles. The third kappa shape index (κ3) is 5.48. The Labute approximate surface area is 197 Å². The van der Waals surface area contributed by atoms with Crippen molar-refractivity contribution < 1.29 is 9.53 Å². The smallest absolute Gasteiger partial charge is 0.254 e. The van der Waals surface area contributed by atoms with Gasteiger partial charge in [0.25, 0.3) is 5.91 Å². The van der Waals surface area contributed by atoms with E-state index in [-0.39, 0.29) is 5.91 Å². The van der Waals surface area contributed by atoms with Crippen molar-refractivity contribution in [1.82, 2.24) is 9.47 Å². The van der Waals surface area contributed by atoms with E-state index >= 15 is 0 Å². The first-order valence-corrected chi connectivity index (χ1v) is 11.3. The topological polar surface area (TPSA) is 34.5 Å². The van der Waals surface area contributed by atoms with Crippen molar-refractivity contribution in [1.29, 1.82) is 0 Å². The van der Waals surface area contributed by atoms with Crippen LogP contribution in [0.5, 0.6) is 5.75 Å². The first-order chi connectivity index (χ1) is 15.6. The Morgan fingerprint density at radius 3 is 2.41 bits per heavy atom. The van der Waals surface area contributed by atoms with E-state index in [1.165, 1.54) is 5.56 Å². The van der Waals surface area contributed by atoms with Gasteiger partial charge in [0.05, 0.1) is 13.7 Å². The van der Waals surface area contributed by atoms with Crippen LogP contribution in [0.15, 0.2) is 102 Å². The highest BCUT2D eigenvalue weighted by atomic mass is 79.9.